The van der Waals surface area contributed by atoms with Gasteiger partial charge in [-0.2, -0.15) is 0 Å². The van der Waals surface area contributed by atoms with Crippen LogP contribution in [0.1, 0.15) is 23.9 Å². The molecule has 0 atom stereocenters. The van der Waals surface area contributed by atoms with Crippen LogP contribution in [0.3, 0.4) is 0 Å². The average molecular weight is 366 g/mol. The van der Waals surface area contributed by atoms with Crippen molar-refractivity contribution in [1.29, 1.82) is 0 Å². The van der Waals surface area contributed by atoms with Crippen LogP contribution >= 0.6 is 0 Å². The minimum atomic E-state index is -1.17. The van der Waals surface area contributed by atoms with Gasteiger partial charge in [-0.3, -0.25) is 9.36 Å². The van der Waals surface area contributed by atoms with E-state index in [0.29, 0.717) is 30.7 Å². The van der Waals surface area contributed by atoms with Crippen molar-refractivity contribution in [3.8, 4) is 0 Å². The second-order valence-electron chi connectivity index (χ2n) is 6.14. The molecule has 0 spiro atoms. The number of hydrogen-bond donors (Lipinski definition) is 1. The number of halogens is 1. The van der Waals surface area contributed by atoms with Crippen molar-refractivity contribution in [3.63, 3.8) is 0 Å². The Morgan fingerprint density at radius 1 is 1.26 bits per heavy atom. The standard InChI is InChI=1S/C21H19FN2O3/c1-2-19-23-18-12-15(8-9-20(25)26)17(22)13-16(18)21(27)24(19)11-10-14-6-4-3-5-7-14/h3-9,12-13H,2,10-11H2,1H3,(H,25,26)/b9-8+. The lowest BCUT2D eigenvalue weighted by Crippen LogP contribution is -2.26. The number of hydrogen-bond acceptors (Lipinski definition) is 3. The molecule has 3 rings (SSSR count). The third-order valence-electron chi connectivity index (χ3n) is 4.34. The number of carboxylic acid groups (broad SMARTS) is 1. The molecule has 0 fully saturated rings. The Labute approximate surface area is 155 Å². The van der Waals surface area contributed by atoms with Gasteiger partial charge in [-0.1, -0.05) is 37.3 Å². The predicted molar refractivity (Wildman–Crippen MR) is 102 cm³/mol. The molecule has 6 heteroatoms. The van der Waals surface area contributed by atoms with Crippen LogP contribution in [-0.2, 0) is 24.2 Å². The fraction of sp³-hybridized carbons (Fsp3) is 0.190. The van der Waals surface area contributed by atoms with Crippen LogP contribution in [-0.4, -0.2) is 20.6 Å². The number of rotatable bonds is 6. The van der Waals surface area contributed by atoms with Crippen LogP contribution in [0.4, 0.5) is 4.39 Å². The molecule has 27 heavy (non-hydrogen) atoms. The monoisotopic (exact) mass is 366 g/mol. The number of benzene rings is 2. The molecule has 1 N–H and O–H groups in total. The maximum absolute atomic E-state index is 14.3. The molecule has 0 saturated carbocycles. The Bertz CT molecular complexity index is 1070. The topological polar surface area (TPSA) is 72.2 Å². The lowest BCUT2D eigenvalue weighted by atomic mass is 10.1. The highest BCUT2D eigenvalue weighted by Gasteiger charge is 2.13. The van der Waals surface area contributed by atoms with E-state index in [9.17, 15) is 14.0 Å². The van der Waals surface area contributed by atoms with E-state index in [1.54, 1.807) is 4.57 Å². The first-order valence-corrected chi connectivity index (χ1v) is 8.67. The van der Waals surface area contributed by atoms with Crippen LogP contribution < -0.4 is 5.56 Å². The van der Waals surface area contributed by atoms with Crippen LogP contribution in [0.25, 0.3) is 17.0 Å². The largest absolute Gasteiger partial charge is 0.478 e. The number of fused-ring (bicyclic) bond motifs is 1. The minimum Gasteiger partial charge on any atom is -0.478 e. The van der Waals surface area contributed by atoms with Crippen LogP contribution in [0.5, 0.6) is 0 Å². The van der Waals surface area contributed by atoms with Crippen LogP contribution in [0.2, 0.25) is 0 Å². The van der Waals surface area contributed by atoms with E-state index in [0.717, 1.165) is 23.8 Å². The molecule has 0 saturated heterocycles. The van der Waals surface area contributed by atoms with E-state index in [2.05, 4.69) is 4.98 Å². The second kappa shape index (κ2) is 7.95. The van der Waals surface area contributed by atoms with E-state index in [-0.39, 0.29) is 16.5 Å². The van der Waals surface area contributed by atoms with E-state index >= 15 is 0 Å². The summed E-state index contributed by atoms with van der Waals surface area (Å²) >= 11 is 0. The summed E-state index contributed by atoms with van der Waals surface area (Å²) in [6.07, 6.45) is 3.23. The molecular formula is C21H19FN2O3. The maximum Gasteiger partial charge on any atom is 0.328 e. The van der Waals surface area contributed by atoms with Gasteiger partial charge in [0.2, 0.25) is 0 Å². The van der Waals surface area contributed by atoms with E-state index in [4.69, 9.17) is 5.11 Å². The molecule has 0 bridgehead atoms. The molecule has 3 aromatic rings. The normalized spacial score (nSPS) is 11.3. The Kier molecular flexibility index (Phi) is 5.45. The highest BCUT2D eigenvalue weighted by molar-refractivity contribution is 5.87. The van der Waals surface area contributed by atoms with Gasteiger partial charge in [0.15, 0.2) is 0 Å². The first-order chi connectivity index (χ1) is 13.0. The van der Waals surface area contributed by atoms with Gasteiger partial charge in [0, 0.05) is 24.6 Å². The number of carbonyl (C=O) groups is 1. The molecule has 138 valence electrons. The zero-order chi connectivity index (χ0) is 19.4. The quantitative estimate of drug-likeness (QED) is 0.679. The summed E-state index contributed by atoms with van der Waals surface area (Å²) in [5, 5.41) is 8.90. The highest BCUT2D eigenvalue weighted by atomic mass is 19.1. The van der Waals surface area contributed by atoms with Gasteiger partial charge in [0.25, 0.3) is 5.56 Å². The third-order valence-corrected chi connectivity index (χ3v) is 4.34. The number of aryl methyl sites for hydroxylation is 2. The summed E-state index contributed by atoms with van der Waals surface area (Å²) in [6, 6.07) is 12.3. The van der Waals surface area contributed by atoms with Gasteiger partial charge < -0.3 is 5.11 Å². The Balaban J connectivity index is 2.05. The lowest BCUT2D eigenvalue weighted by molar-refractivity contribution is -0.131. The van der Waals surface area contributed by atoms with Gasteiger partial charge in [0.05, 0.1) is 10.9 Å². The lowest BCUT2D eigenvalue weighted by Gasteiger charge is -2.13. The summed E-state index contributed by atoms with van der Waals surface area (Å²) in [7, 11) is 0. The van der Waals surface area contributed by atoms with E-state index in [1.807, 2.05) is 37.3 Å². The summed E-state index contributed by atoms with van der Waals surface area (Å²) < 4.78 is 15.9. The molecule has 0 unspecified atom stereocenters. The summed E-state index contributed by atoms with van der Waals surface area (Å²) in [5.41, 5.74) is 1.26. The van der Waals surface area contributed by atoms with Crippen molar-refractivity contribution in [2.45, 2.75) is 26.3 Å². The molecule has 0 aliphatic rings. The SMILES string of the molecule is CCc1nc2cc(/C=C/C(=O)O)c(F)cc2c(=O)n1CCc1ccccc1. The van der Waals surface area contributed by atoms with Gasteiger partial charge in [-0.15, -0.1) is 0 Å². The Hall–Kier alpha value is -3.28. The van der Waals surface area contributed by atoms with Crippen molar-refractivity contribution in [2.24, 2.45) is 0 Å². The summed E-state index contributed by atoms with van der Waals surface area (Å²) in [4.78, 5) is 28.1. The minimum absolute atomic E-state index is 0.0842. The third kappa shape index (κ3) is 4.11. The fourth-order valence-electron chi connectivity index (χ4n) is 2.98. The van der Waals surface area contributed by atoms with Gasteiger partial charge in [-0.25, -0.2) is 14.2 Å². The van der Waals surface area contributed by atoms with Crippen LogP contribution in [0.15, 0.2) is 53.3 Å². The predicted octanol–water partition coefficient (Wildman–Crippen LogP) is 3.44. The average Bonchev–Trinajstić information content (AvgIpc) is 2.66. The van der Waals surface area contributed by atoms with Crippen molar-refractivity contribution >= 4 is 22.9 Å². The van der Waals surface area contributed by atoms with Crippen molar-refractivity contribution in [3.05, 3.63) is 81.7 Å². The van der Waals surface area contributed by atoms with Crippen LogP contribution in [0, 0.1) is 5.82 Å². The molecule has 2 aromatic carbocycles. The number of carboxylic acids is 1. The number of aliphatic carboxylic acids is 1. The van der Waals surface area contributed by atoms with E-state index < -0.39 is 11.8 Å². The highest BCUT2D eigenvalue weighted by Crippen LogP contribution is 2.18. The number of aromatic nitrogens is 2. The summed E-state index contributed by atoms with van der Waals surface area (Å²) in [6.45, 7) is 2.36. The van der Waals surface area contributed by atoms with Gasteiger partial charge >= 0.3 is 5.97 Å². The van der Waals surface area contributed by atoms with Crippen molar-refractivity contribution < 1.29 is 14.3 Å². The fourth-order valence-corrected chi connectivity index (χ4v) is 2.98. The Morgan fingerprint density at radius 2 is 2.00 bits per heavy atom. The molecular weight excluding hydrogens is 347 g/mol. The van der Waals surface area contributed by atoms with Gasteiger partial charge in [-0.05, 0) is 30.2 Å². The molecule has 0 amide bonds. The first-order valence-electron chi connectivity index (χ1n) is 8.67. The molecule has 0 aliphatic carbocycles. The molecule has 1 heterocycles. The zero-order valence-corrected chi connectivity index (χ0v) is 14.9. The zero-order valence-electron chi connectivity index (χ0n) is 14.9. The summed E-state index contributed by atoms with van der Waals surface area (Å²) in [5.74, 6) is -1.21. The molecule has 0 aliphatic heterocycles. The maximum atomic E-state index is 14.3. The van der Waals surface area contributed by atoms with E-state index in [1.165, 1.54) is 6.07 Å². The first kappa shape index (κ1) is 18.5. The Morgan fingerprint density at radius 3 is 2.67 bits per heavy atom. The van der Waals surface area contributed by atoms with Crippen molar-refractivity contribution in [2.75, 3.05) is 0 Å². The second-order valence-corrected chi connectivity index (χ2v) is 6.14. The van der Waals surface area contributed by atoms with Crippen molar-refractivity contribution in [1.82, 2.24) is 9.55 Å². The molecule has 1 aromatic heterocycles. The smallest absolute Gasteiger partial charge is 0.328 e. The molecule has 0 radical (unpaired) electrons. The van der Waals surface area contributed by atoms with Gasteiger partial charge in [0.1, 0.15) is 11.6 Å². The molecule has 5 nitrogen and oxygen atoms in total. The number of nitrogens with zero attached hydrogens (tertiary/aromatic N) is 2.